The minimum Gasteiger partial charge on any atom is -0.493 e. The molecule has 1 heterocycles. The van der Waals surface area contributed by atoms with Gasteiger partial charge >= 0.3 is 6.03 Å². The fourth-order valence-electron chi connectivity index (χ4n) is 2.36. The summed E-state index contributed by atoms with van der Waals surface area (Å²) in [5.41, 5.74) is 1.06. The Balaban J connectivity index is 1.80. The van der Waals surface area contributed by atoms with Gasteiger partial charge in [0.1, 0.15) is 11.5 Å². The maximum Gasteiger partial charge on any atom is 0.315 e. The Bertz CT molecular complexity index is 681. The third-order valence-electron chi connectivity index (χ3n) is 3.68. The van der Waals surface area contributed by atoms with Gasteiger partial charge in [0.15, 0.2) is 11.5 Å². The zero-order chi connectivity index (χ0) is 17.5. The summed E-state index contributed by atoms with van der Waals surface area (Å²) >= 11 is 0. The molecule has 24 heavy (non-hydrogen) atoms. The number of hydrogen-bond donors (Lipinski definition) is 2. The number of ether oxygens (including phenoxy) is 2. The standard InChI is InChI=1S/C18H24N2O4/c1-12-5-7-15(24-12)13(2)20-18(21)19-10-9-14-6-8-16(22-3)17(11-14)23-4/h5-8,11,13H,9-10H2,1-4H3,(H2,19,20,21). The Morgan fingerprint density at radius 2 is 1.92 bits per heavy atom. The second-order valence-corrected chi connectivity index (χ2v) is 5.51. The number of hydrogen-bond acceptors (Lipinski definition) is 4. The van der Waals surface area contributed by atoms with E-state index >= 15 is 0 Å². The van der Waals surface area contributed by atoms with Gasteiger partial charge in [-0.3, -0.25) is 0 Å². The van der Waals surface area contributed by atoms with E-state index in [1.54, 1.807) is 14.2 Å². The summed E-state index contributed by atoms with van der Waals surface area (Å²) in [6, 6.07) is 9.06. The van der Waals surface area contributed by atoms with E-state index in [2.05, 4.69) is 10.6 Å². The summed E-state index contributed by atoms with van der Waals surface area (Å²) in [4.78, 5) is 11.9. The van der Waals surface area contributed by atoms with Crippen LogP contribution < -0.4 is 20.1 Å². The number of benzene rings is 1. The molecular formula is C18H24N2O4. The molecule has 2 N–H and O–H groups in total. The molecule has 0 bridgehead atoms. The number of furan rings is 1. The number of nitrogens with one attached hydrogen (secondary N) is 2. The molecule has 0 saturated heterocycles. The first-order valence-corrected chi connectivity index (χ1v) is 7.85. The van der Waals surface area contributed by atoms with Crippen LogP contribution in [0.2, 0.25) is 0 Å². The normalized spacial score (nSPS) is 11.7. The average molecular weight is 332 g/mol. The van der Waals surface area contributed by atoms with Gasteiger partial charge in [-0.05, 0) is 50.1 Å². The molecular weight excluding hydrogens is 308 g/mol. The Hall–Kier alpha value is -2.63. The summed E-state index contributed by atoms with van der Waals surface area (Å²) in [7, 11) is 3.20. The molecule has 0 aliphatic rings. The van der Waals surface area contributed by atoms with Crippen molar-refractivity contribution in [3.8, 4) is 11.5 Å². The van der Waals surface area contributed by atoms with Crippen molar-refractivity contribution in [1.82, 2.24) is 10.6 Å². The Labute approximate surface area is 142 Å². The molecule has 6 heteroatoms. The molecule has 1 atom stereocenters. The van der Waals surface area contributed by atoms with E-state index in [-0.39, 0.29) is 12.1 Å². The number of aryl methyl sites for hydroxylation is 1. The van der Waals surface area contributed by atoms with Crippen molar-refractivity contribution in [3.63, 3.8) is 0 Å². The maximum atomic E-state index is 11.9. The van der Waals surface area contributed by atoms with Crippen molar-refractivity contribution in [2.75, 3.05) is 20.8 Å². The van der Waals surface area contributed by atoms with Crippen molar-refractivity contribution in [2.45, 2.75) is 26.3 Å². The summed E-state index contributed by atoms with van der Waals surface area (Å²) in [5.74, 6) is 2.94. The van der Waals surface area contributed by atoms with Crippen LogP contribution in [0.3, 0.4) is 0 Å². The third kappa shape index (κ3) is 4.68. The molecule has 0 spiro atoms. The van der Waals surface area contributed by atoms with Gasteiger partial charge < -0.3 is 24.5 Å². The zero-order valence-corrected chi connectivity index (χ0v) is 14.5. The highest BCUT2D eigenvalue weighted by molar-refractivity contribution is 5.74. The largest absolute Gasteiger partial charge is 0.493 e. The molecule has 0 aliphatic heterocycles. The van der Waals surface area contributed by atoms with E-state index in [9.17, 15) is 4.79 Å². The van der Waals surface area contributed by atoms with Crippen molar-refractivity contribution in [1.29, 1.82) is 0 Å². The van der Waals surface area contributed by atoms with Gasteiger partial charge in [-0.2, -0.15) is 0 Å². The van der Waals surface area contributed by atoms with Crippen molar-refractivity contribution in [2.24, 2.45) is 0 Å². The number of methoxy groups -OCH3 is 2. The van der Waals surface area contributed by atoms with Crippen molar-refractivity contribution in [3.05, 3.63) is 47.4 Å². The van der Waals surface area contributed by atoms with Crippen LogP contribution in [0.1, 0.15) is 30.0 Å². The number of carbonyl (C=O) groups excluding carboxylic acids is 1. The summed E-state index contributed by atoms with van der Waals surface area (Å²) < 4.78 is 16.0. The molecule has 0 fully saturated rings. The molecule has 130 valence electrons. The SMILES string of the molecule is COc1ccc(CCNC(=O)NC(C)c2ccc(C)o2)cc1OC. The van der Waals surface area contributed by atoms with Gasteiger partial charge in [0.2, 0.25) is 0 Å². The second-order valence-electron chi connectivity index (χ2n) is 5.51. The van der Waals surface area contributed by atoms with Gasteiger partial charge in [0.05, 0.1) is 20.3 Å². The lowest BCUT2D eigenvalue weighted by Gasteiger charge is -2.13. The summed E-state index contributed by atoms with van der Waals surface area (Å²) in [5, 5.41) is 5.69. The van der Waals surface area contributed by atoms with E-state index in [0.717, 1.165) is 17.1 Å². The quantitative estimate of drug-likeness (QED) is 0.816. The van der Waals surface area contributed by atoms with Crippen LogP contribution in [0.5, 0.6) is 11.5 Å². The first kappa shape index (κ1) is 17.7. The van der Waals surface area contributed by atoms with Crippen LogP contribution in [0.4, 0.5) is 4.79 Å². The van der Waals surface area contributed by atoms with Crippen LogP contribution in [0.15, 0.2) is 34.7 Å². The van der Waals surface area contributed by atoms with Gasteiger partial charge in [0, 0.05) is 6.54 Å². The first-order valence-electron chi connectivity index (χ1n) is 7.85. The predicted molar refractivity (Wildman–Crippen MR) is 91.6 cm³/mol. The van der Waals surface area contributed by atoms with Crippen molar-refractivity contribution >= 4 is 6.03 Å². The van der Waals surface area contributed by atoms with Crippen molar-refractivity contribution < 1.29 is 18.7 Å². The third-order valence-corrected chi connectivity index (χ3v) is 3.68. The molecule has 1 aromatic carbocycles. The fraction of sp³-hybridized carbons (Fsp3) is 0.389. The Kier molecular flexibility index (Phi) is 6.12. The maximum absolute atomic E-state index is 11.9. The summed E-state index contributed by atoms with van der Waals surface area (Å²) in [6.07, 6.45) is 0.696. The predicted octanol–water partition coefficient (Wildman–Crippen LogP) is 3.21. The van der Waals surface area contributed by atoms with Crippen LogP contribution in [0, 0.1) is 6.92 Å². The summed E-state index contributed by atoms with van der Waals surface area (Å²) in [6.45, 7) is 4.27. The van der Waals surface area contributed by atoms with Gasteiger partial charge in [-0.15, -0.1) is 0 Å². The molecule has 1 unspecified atom stereocenters. The highest BCUT2D eigenvalue weighted by atomic mass is 16.5. The lowest BCUT2D eigenvalue weighted by atomic mass is 10.1. The lowest BCUT2D eigenvalue weighted by molar-refractivity contribution is 0.236. The van der Waals surface area contributed by atoms with E-state index in [0.29, 0.717) is 24.5 Å². The van der Waals surface area contributed by atoms with E-state index in [1.807, 2.05) is 44.2 Å². The van der Waals surface area contributed by atoms with Crippen LogP contribution in [-0.4, -0.2) is 26.8 Å². The van der Waals surface area contributed by atoms with Crippen LogP contribution in [-0.2, 0) is 6.42 Å². The number of amides is 2. The van der Waals surface area contributed by atoms with Gasteiger partial charge in [-0.25, -0.2) is 4.79 Å². The molecule has 2 aromatic rings. The second kappa shape index (κ2) is 8.29. The molecule has 0 radical (unpaired) electrons. The first-order chi connectivity index (χ1) is 11.5. The molecule has 0 aliphatic carbocycles. The number of carbonyl (C=O) groups is 1. The topological polar surface area (TPSA) is 72.7 Å². The molecule has 0 saturated carbocycles. The number of rotatable bonds is 7. The smallest absolute Gasteiger partial charge is 0.315 e. The number of urea groups is 1. The minimum absolute atomic E-state index is 0.181. The van der Waals surface area contributed by atoms with E-state index in [4.69, 9.17) is 13.9 Å². The van der Waals surface area contributed by atoms with E-state index < -0.39 is 0 Å². The highest BCUT2D eigenvalue weighted by Gasteiger charge is 2.12. The fourth-order valence-corrected chi connectivity index (χ4v) is 2.36. The molecule has 1 aromatic heterocycles. The van der Waals surface area contributed by atoms with Gasteiger partial charge in [0.25, 0.3) is 0 Å². The Morgan fingerprint density at radius 3 is 2.54 bits per heavy atom. The van der Waals surface area contributed by atoms with Crippen LogP contribution in [0.25, 0.3) is 0 Å². The highest BCUT2D eigenvalue weighted by Crippen LogP contribution is 2.27. The minimum atomic E-state index is -0.225. The monoisotopic (exact) mass is 332 g/mol. The van der Waals surface area contributed by atoms with Crippen LogP contribution >= 0.6 is 0 Å². The lowest BCUT2D eigenvalue weighted by Crippen LogP contribution is -2.37. The molecule has 2 rings (SSSR count). The Morgan fingerprint density at radius 1 is 1.17 bits per heavy atom. The van der Waals surface area contributed by atoms with Gasteiger partial charge in [-0.1, -0.05) is 6.07 Å². The average Bonchev–Trinajstić information content (AvgIpc) is 3.01. The molecule has 2 amide bonds. The zero-order valence-electron chi connectivity index (χ0n) is 14.5. The van der Waals surface area contributed by atoms with E-state index in [1.165, 1.54) is 0 Å². The molecule has 6 nitrogen and oxygen atoms in total.